The van der Waals surface area contributed by atoms with Gasteiger partial charge in [-0.25, -0.2) is 0 Å². The summed E-state index contributed by atoms with van der Waals surface area (Å²) in [6.45, 7) is 3.85. The SMILES string of the molecule is Cc1cccc(COc2cccc(CCCN(C)C)c2)c1. The lowest BCUT2D eigenvalue weighted by atomic mass is 10.1. The Hall–Kier alpha value is -1.80. The van der Waals surface area contributed by atoms with Crippen molar-refractivity contribution in [1.29, 1.82) is 0 Å². The van der Waals surface area contributed by atoms with E-state index in [2.05, 4.69) is 68.4 Å². The van der Waals surface area contributed by atoms with E-state index in [-0.39, 0.29) is 0 Å². The van der Waals surface area contributed by atoms with Crippen LogP contribution in [0, 0.1) is 6.92 Å². The number of nitrogens with zero attached hydrogens (tertiary/aromatic N) is 1. The predicted molar refractivity (Wildman–Crippen MR) is 88.8 cm³/mol. The fourth-order valence-electron chi connectivity index (χ4n) is 2.36. The molecule has 21 heavy (non-hydrogen) atoms. The zero-order chi connectivity index (χ0) is 15.1. The molecule has 2 rings (SSSR count). The van der Waals surface area contributed by atoms with Crippen LogP contribution in [0.4, 0.5) is 0 Å². The molecule has 0 saturated heterocycles. The standard InChI is InChI=1S/C19H25NO/c1-16-7-4-9-18(13-16)15-21-19-11-5-8-17(14-19)10-6-12-20(2)3/h4-5,7-9,11,13-14H,6,10,12,15H2,1-3H3. The third-order valence-corrected chi connectivity index (χ3v) is 3.46. The van der Waals surface area contributed by atoms with Gasteiger partial charge in [-0.2, -0.15) is 0 Å². The van der Waals surface area contributed by atoms with Gasteiger partial charge in [0.15, 0.2) is 0 Å². The number of hydrogen-bond acceptors (Lipinski definition) is 2. The van der Waals surface area contributed by atoms with Crippen LogP contribution >= 0.6 is 0 Å². The quantitative estimate of drug-likeness (QED) is 0.759. The molecular formula is C19H25NO. The van der Waals surface area contributed by atoms with Crippen LogP contribution in [0.1, 0.15) is 23.1 Å². The Labute approximate surface area is 128 Å². The highest BCUT2D eigenvalue weighted by molar-refractivity contribution is 5.29. The summed E-state index contributed by atoms with van der Waals surface area (Å²) in [7, 11) is 4.22. The van der Waals surface area contributed by atoms with E-state index in [9.17, 15) is 0 Å². The van der Waals surface area contributed by atoms with Gasteiger partial charge in [-0.1, -0.05) is 42.0 Å². The summed E-state index contributed by atoms with van der Waals surface area (Å²) < 4.78 is 5.90. The molecule has 2 aromatic carbocycles. The van der Waals surface area contributed by atoms with E-state index < -0.39 is 0 Å². The smallest absolute Gasteiger partial charge is 0.120 e. The second-order valence-corrected chi connectivity index (χ2v) is 5.83. The van der Waals surface area contributed by atoms with E-state index in [4.69, 9.17) is 4.74 Å². The Morgan fingerprint density at radius 2 is 1.71 bits per heavy atom. The highest BCUT2D eigenvalue weighted by Gasteiger charge is 2.00. The van der Waals surface area contributed by atoms with Crippen molar-refractivity contribution in [3.05, 3.63) is 65.2 Å². The summed E-state index contributed by atoms with van der Waals surface area (Å²) in [4.78, 5) is 2.22. The van der Waals surface area contributed by atoms with Gasteiger partial charge in [-0.3, -0.25) is 0 Å². The van der Waals surface area contributed by atoms with Gasteiger partial charge in [-0.15, -0.1) is 0 Å². The summed E-state index contributed by atoms with van der Waals surface area (Å²) in [6.07, 6.45) is 2.27. The van der Waals surface area contributed by atoms with Gasteiger partial charge < -0.3 is 9.64 Å². The maximum Gasteiger partial charge on any atom is 0.120 e. The maximum atomic E-state index is 5.90. The van der Waals surface area contributed by atoms with Crippen LogP contribution in [0.3, 0.4) is 0 Å². The van der Waals surface area contributed by atoms with Crippen molar-refractivity contribution in [1.82, 2.24) is 4.90 Å². The lowest BCUT2D eigenvalue weighted by molar-refractivity contribution is 0.305. The van der Waals surface area contributed by atoms with Crippen molar-refractivity contribution >= 4 is 0 Å². The molecule has 0 N–H and O–H groups in total. The summed E-state index contributed by atoms with van der Waals surface area (Å²) in [5, 5.41) is 0. The fraction of sp³-hybridized carbons (Fsp3) is 0.368. The molecule has 0 aliphatic rings. The largest absolute Gasteiger partial charge is 0.489 e. The molecule has 0 spiro atoms. The van der Waals surface area contributed by atoms with Crippen LogP contribution in [-0.4, -0.2) is 25.5 Å². The fourth-order valence-corrected chi connectivity index (χ4v) is 2.36. The molecule has 0 saturated carbocycles. The van der Waals surface area contributed by atoms with Gasteiger partial charge in [-0.05, 0) is 63.7 Å². The molecule has 0 aliphatic heterocycles. The first kappa shape index (κ1) is 15.6. The van der Waals surface area contributed by atoms with Gasteiger partial charge in [0.05, 0.1) is 0 Å². The molecule has 0 radical (unpaired) electrons. The van der Waals surface area contributed by atoms with Crippen molar-refractivity contribution in [2.24, 2.45) is 0 Å². The Balaban J connectivity index is 1.88. The molecule has 0 bridgehead atoms. The molecular weight excluding hydrogens is 258 g/mol. The normalized spacial score (nSPS) is 10.9. The molecule has 0 fully saturated rings. The van der Waals surface area contributed by atoms with Crippen LogP contribution in [0.15, 0.2) is 48.5 Å². The van der Waals surface area contributed by atoms with Crippen molar-refractivity contribution in [2.45, 2.75) is 26.4 Å². The van der Waals surface area contributed by atoms with Gasteiger partial charge in [0, 0.05) is 0 Å². The minimum absolute atomic E-state index is 0.628. The number of hydrogen-bond donors (Lipinski definition) is 0. The zero-order valence-corrected chi connectivity index (χ0v) is 13.3. The van der Waals surface area contributed by atoms with Crippen molar-refractivity contribution in [3.63, 3.8) is 0 Å². The summed E-state index contributed by atoms with van der Waals surface area (Å²) in [6, 6.07) is 16.9. The van der Waals surface area contributed by atoms with Crippen LogP contribution < -0.4 is 4.74 Å². The Morgan fingerprint density at radius 1 is 0.952 bits per heavy atom. The third kappa shape index (κ3) is 5.60. The Morgan fingerprint density at radius 3 is 2.48 bits per heavy atom. The van der Waals surface area contributed by atoms with Crippen molar-refractivity contribution in [2.75, 3.05) is 20.6 Å². The molecule has 2 heteroatoms. The number of ether oxygens (including phenoxy) is 1. The van der Waals surface area contributed by atoms with Gasteiger partial charge in [0.25, 0.3) is 0 Å². The van der Waals surface area contributed by atoms with Crippen molar-refractivity contribution < 1.29 is 4.74 Å². The summed E-state index contributed by atoms with van der Waals surface area (Å²) in [5.74, 6) is 0.957. The number of aryl methyl sites for hydroxylation is 2. The monoisotopic (exact) mass is 283 g/mol. The molecule has 0 heterocycles. The first-order chi connectivity index (χ1) is 10.1. The minimum Gasteiger partial charge on any atom is -0.489 e. The van der Waals surface area contributed by atoms with E-state index in [1.54, 1.807) is 0 Å². The highest BCUT2D eigenvalue weighted by atomic mass is 16.5. The van der Waals surface area contributed by atoms with Gasteiger partial charge >= 0.3 is 0 Å². The highest BCUT2D eigenvalue weighted by Crippen LogP contribution is 2.16. The Kier molecular flexibility index (Phi) is 5.82. The average molecular weight is 283 g/mol. The van der Waals surface area contributed by atoms with Crippen LogP contribution in [-0.2, 0) is 13.0 Å². The lowest BCUT2D eigenvalue weighted by Gasteiger charge is -2.11. The number of benzene rings is 2. The first-order valence-corrected chi connectivity index (χ1v) is 7.55. The number of rotatable bonds is 7. The van der Waals surface area contributed by atoms with Crippen LogP contribution in [0.5, 0.6) is 5.75 Å². The topological polar surface area (TPSA) is 12.5 Å². The molecule has 2 aromatic rings. The minimum atomic E-state index is 0.628. The zero-order valence-electron chi connectivity index (χ0n) is 13.3. The van der Waals surface area contributed by atoms with E-state index in [1.165, 1.54) is 23.1 Å². The van der Waals surface area contributed by atoms with E-state index in [0.717, 1.165) is 18.7 Å². The second kappa shape index (κ2) is 7.84. The molecule has 0 aromatic heterocycles. The molecule has 2 nitrogen and oxygen atoms in total. The summed E-state index contributed by atoms with van der Waals surface area (Å²) >= 11 is 0. The Bertz CT molecular complexity index is 563. The molecule has 0 amide bonds. The first-order valence-electron chi connectivity index (χ1n) is 7.55. The molecule has 0 aliphatic carbocycles. The molecule has 0 atom stereocenters. The van der Waals surface area contributed by atoms with Crippen LogP contribution in [0.2, 0.25) is 0 Å². The van der Waals surface area contributed by atoms with E-state index >= 15 is 0 Å². The summed E-state index contributed by atoms with van der Waals surface area (Å²) in [5.41, 5.74) is 3.83. The van der Waals surface area contributed by atoms with E-state index in [0.29, 0.717) is 6.61 Å². The van der Waals surface area contributed by atoms with Crippen LogP contribution in [0.25, 0.3) is 0 Å². The van der Waals surface area contributed by atoms with E-state index in [1.807, 2.05) is 6.07 Å². The van der Waals surface area contributed by atoms with Gasteiger partial charge in [0.1, 0.15) is 12.4 Å². The van der Waals surface area contributed by atoms with Gasteiger partial charge in [0.2, 0.25) is 0 Å². The maximum absolute atomic E-state index is 5.90. The molecule has 112 valence electrons. The average Bonchev–Trinajstić information content (AvgIpc) is 2.45. The molecule has 0 unspecified atom stereocenters. The predicted octanol–water partition coefficient (Wildman–Crippen LogP) is 4.07. The lowest BCUT2D eigenvalue weighted by Crippen LogP contribution is -2.13. The van der Waals surface area contributed by atoms with Crippen molar-refractivity contribution in [3.8, 4) is 5.75 Å². The third-order valence-electron chi connectivity index (χ3n) is 3.46. The second-order valence-electron chi connectivity index (χ2n) is 5.83.